The number of halogens is 1. The minimum atomic E-state index is -0.131. The summed E-state index contributed by atoms with van der Waals surface area (Å²) in [5, 5.41) is 10.9. The zero-order valence-electron chi connectivity index (χ0n) is 13.7. The highest BCUT2D eigenvalue weighted by Gasteiger charge is 2.15. The van der Waals surface area contributed by atoms with E-state index in [4.69, 9.17) is 16.3 Å². The van der Waals surface area contributed by atoms with E-state index < -0.39 is 0 Å². The molecule has 0 bridgehead atoms. The van der Waals surface area contributed by atoms with Gasteiger partial charge in [0, 0.05) is 47.7 Å². The average Bonchev–Trinajstić information content (AvgIpc) is 2.68. The van der Waals surface area contributed by atoms with Crippen LogP contribution in [0.3, 0.4) is 0 Å². The van der Waals surface area contributed by atoms with Crippen LogP contribution in [0.5, 0.6) is 0 Å². The van der Waals surface area contributed by atoms with Crippen molar-refractivity contribution >= 4 is 28.2 Å². The Labute approximate surface area is 150 Å². The minimum absolute atomic E-state index is 0.131. The molecule has 6 heteroatoms. The average molecular weight is 356 g/mol. The molecule has 128 valence electrons. The van der Waals surface area contributed by atoms with Crippen LogP contribution >= 0.6 is 11.6 Å². The van der Waals surface area contributed by atoms with E-state index in [0.717, 1.165) is 48.3 Å². The van der Waals surface area contributed by atoms with Crippen LogP contribution in [0.25, 0.3) is 22.0 Å². The van der Waals surface area contributed by atoms with Crippen LogP contribution in [0.15, 0.2) is 42.7 Å². The van der Waals surface area contributed by atoms with Gasteiger partial charge in [-0.1, -0.05) is 17.7 Å². The number of hydrogen-bond acceptors (Lipinski definition) is 5. The highest BCUT2D eigenvalue weighted by atomic mass is 35.5. The molecule has 1 N–H and O–H groups in total. The van der Waals surface area contributed by atoms with E-state index in [0.29, 0.717) is 10.7 Å². The summed E-state index contributed by atoms with van der Waals surface area (Å²) in [7, 11) is 0. The maximum atomic E-state index is 9.42. The quantitative estimate of drug-likeness (QED) is 0.731. The number of anilines is 1. The van der Waals surface area contributed by atoms with Gasteiger partial charge >= 0.3 is 0 Å². The molecule has 0 saturated carbocycles. The van der Waals surface area contributed by atoms with Gasteiger partial charge in [0.05, 0.1) is 25.3 Å². The van der Waals surface area contributed by atoms with Gasteiger partial charge in [-0.3, -0.25) is 4.98 Å². The summed E-state index contributed by atoms with van der Waals surface area (Å²) in [6.45, 7) is 3.10. The first-order valence-corrected chi connectivity index (χ1v) is 8.61. The van der Waals surface area contributed by atoms with Gasteiger partial charge in [-0.15, -0.1) is 0 Å². The van der Waals surface area contributed by atoms with Gasteiger partial charge in [0.2, 0.25) is 0 Å². The van der Waals surface area contributed by atoms with Gasteiger partial charge in [0.1, 0.15) is 5.15 Å². The summed E-state index contributed by atoms with van der Waals surface area (Å²) in [6.07, 6.45) is 3.58. The van der Waals surface area contributed by atoms with Crippen molar-refractivity contribution in [2.45, 2.75) is 6.61 Å². The lowest BCUT2D eigenvalue weighted by molar-refractivity contribution is 0.123. The van der Waals surface area contributed by atoms with Crippen molar-refractivity contribution in [3.8, 4) is 11.1 Å². The van der Waals surface area contributed by atoms with Gasteiger partial charge < -0.3 is 14.7 Å². The lowest BCUT2D eigenvalue weighted by Crippen LogP contribution is -2.36. The molecule has 0 radical (unpaired) electrons. The smallest absolute Gasteiger partial charge is 0.134 e. The molecule has 0 aliphatic carbocycles. The van der Waals surface area contributed by atoms with Crippen molar-refractivity contribution in [3.05, 3.63) is 53.4 Å². The molecule has 0 unspecified atom stereocenters. The molecule has 3 heterocycles. The lowest BCUT2D eigenvalue weighted by Gasteiger charge is -2.29. The molecule has 0 atom stereocenters. The summed E-state index contributed by atoms with van der Waals surface area (Å²) < 4.78 is 5.46. The largest absolute Gasteiger partial charge is 0.392 e. The number of rotatable bonds is 3. The number of benzene rings is 1. The highest BCUT2D eigenvalue weighted by molar-refractivity contribution is 6.30. The van der Waals surface area contributed by atoms with E-state index in [1.54, 1.807) is 6.20 Å². The first kappa shape index (κ1) is 16.3. The number of ether oxygens (including phenoxy) is 1. The van der Waals surface area contributed by atoms with E-state index in [1.807, 2.05) is 24.4 Å². The molecule has 0 spiro atoms. The van der Waals surface area contributed by atoms with E-state index in [2.05, 4.69) is 27.0 Å². The third-order valence-corrected chi connectivity index (χ3v) is 4.83. The maximum absolute atomic E-state index is 9.42. The van der Waals surface area contributed by atoms with Gasteiger partial charge in [0.25, 0.3) is 0 Å². The van der Waals surface area contributed by atoms with E-state index in [9.17, 15) is 5.11 Å². The Kier molecular flexibility index (Phi) is 4.53. The van der Waals surface area contributed by atoms with Crippen LogP contribution in [0.4, 0.5) is 5.69 Å². The number of fused-ring (bicyclic) bond motifs is 1. The fraction of sp³-hybridized carbons (Fsp3) is 0.263. The van der Waals surface area contributed by atoms with Crippen molar-refractivity contribution < 1.29 is 9.84 Å². The summed E-state index contributed by atoms with van der Waals surface area (Å²) in [4.78, 5) is 11.0. The first-order chi connectivity index (χ1) is 12.3. The molecule has 2 aromatic heterocycles. The number of nitrogens with zero attached hydrogens (tertiary/aromatic N) is 3. The van der Waals surface area contributed by atoms with Crippen molar-refractivity contribution in [1.29, 1.82) is 0 Å². The summed E-state index contributed by atoms with van der Waals surface area (Å²) in [5.74, 6) is 0. The van der Waals surface area contributed by atoms with Gasteiger partial charge in [-0.25, -0.2) is 4.98 Å². The van der Waals surface area contributed by atoms with Gasteiger partial charge in [0.15, 0.2) is 0 Å². The fourth-order valence-corrected chi connectivity index (χ4v) is 3.32. The maximum Gasteiger partial charge on any atom is 0.134 e. The lowest BCUT2D eigenvalue weighted by atomic mass is 10.0. The standard InChI is InChI=1S/C19H18ClN3O2/c20-19-15(12-24)9-14(11-22-19)13-1-2-17-16(10-13)18(3-4-21-17)23-5-7-25-8-6-23/h1-4,9-11,24H,5-8,12H2. The predicted octanol–water partition coefficient (Wildman–Crippen LogP) is 3.28. The van der Waals surface area contributed by atoms with Gasteiger partial charge in [-0.2, -0.15) is 0 Å². The Morgan fingerprint density at radius 1 is 1.08 bits per heavy atom. The van der Waals surface area contributed by atoms with E-state index in [-0.39, 0.29) is 6.61 Å². The van der Waals surface area contributed by atoms with E-state index in [1.165, 1.54) is 5.69 Å². The molecule has 1 fully saturated rings. The van der Waals surface area contributed by atoms with Crippen LogP contribution in [0.2, 0.25) is 5.15 Å². The van der Waals surface area contributed by atoms with Crippen molar-refractivity contribution in [2.24, 2.45) is 0 Å². The second-order valence-electron chi connectivity index (χ2n) is 5.99. The first-order valence-electron chi connectivity index (χ1n) is 8.23. The Bertz CT molecular complexity index is 910. The van der Waals surface area contributed by atoms with E-state index >= 15 is 0 Å². The molecule has 1 aliphatic rings. The fourth-order valence-electron chi connectivity index (χ4n) is 3.15. The van der Waals surface area contributed by atoms with Crippen LogP contribution in [-0.4, -0.2) is 41.4 Å². The Hall–Kier alpha value is -2.21. The Morgan fingerprint density at radius 3 is 2.72 bits per heavy atom. The molecule has 5 nitrogen and oxygen atoms in total. The van der Waals surface area contributed by atoms with Crippen LogP contribution in [0.1, 0.15) is 5.56 Å². The molecule has 25 heavy (non-hydrogen) atoms. The van der Waals surface area contributed by atoms with Crippen LogP contribution < -0.4 is 4.90 Å². The molecule has 0 amide bonds. The van der Waals surface area contributed by atoms with Gasteiger partial charge in [-0.05, 0) is 29.8 Å². The zero-order valence-corrected chi connectivity index (χ0v) is 14.4. The minimum Gasteiger partial charge on any atom is -0.392 e. The molecule has 4 rings (SSSR count). The molecule has 1 saturated heterocycles. The number of aromatic nitrogens is 2. The van der Waals surface area contributed by atoms with Crippen molar-refractivity contribution in [1.82, 2.24) is 9.97 Å². The molecule has 3 aromatic rings. The second kappa shape index (κ2) is 6.96. The van der Waals surface area contributed by atoms with Crippen LogP contribution in [0, 0.1) is 0 Å². The zero-order chi connectivity index (χ0) is 17.2. The number of pyridine rings is 2. The summed E-state index contributed by atoms with van der Waals surface area (Å²) >= 11 is 6.01. The Balaban J connectivity index is 1.81. The number of aliphatic hydroxyl groups is 1. The SMILES string of the molecule is OCc1cc(-c2ccc3nccc(N4CCOCC4)c3c2)cnc1Cl. The second-order valence-corrected chi connectivity index (χ2v) is 6.35. The third-order valence-electron chi connectivity index (χ3n) is 4.49. The van der Waals surface area contributed by atoms with Crippen molar-refractivity contribution in [3.63, 3.8) is 0 Å². The Morgan fingerprint density at radius 2 is 1.92 bits per heavy atom. The third kappa shape index (κ3) is 3.18. The number of morpholine rings is 1. The highest BCUT2D eigenvalue weighted by Crippen LogP contribution is 2.31. The number of aliphatic hydroxyl groups excluding tert-OH is 1. The molecular formula is C19H18ClN3O2. The number of hydrogen-bond donors (Lipinski definition) is 1. The molecule has 1 aromatic carbocycles. The normalized spacial score (nSPS) is 14.9. The topological polar surface area (TPSA) is 58.5 Å². The van der Waals surface area contributed by atoms with Crippen LogP contribution in [-0.2, 0) is 11.3 Å². The van der Waals surface area contributed by atoms with Crippen molar-refractivity contribution in [2.75, 3.05) is 31.2 Å². The summed E-state index contributed by atoms with van der Waals surface area (Å²) in [6, 6.07) is 10.1. The summed E-state index contributed by atoms with van der Waals surface area (Å²) in [5.41, 5.74) is 4.69. The molecule has 1 aliphatic heterocycles. The monoisotopic (exact) mass is 355 g/mol. The molecular weight excluding hydrogens is 338 g/mol. The predicted molar refractivity (Wildman–Crippen MR) is 98.9 cm³/mol.